The van der Waals surface area contributed by atoms with E-state index in [0.717, 1.165) is 5.56 Å². The second kappa shape index (κ2) is 8.54. The maximum absolute atomic E-state index is 12.4. The maximum atomic E-state index is 12.4. The molecule has 1 atom stereocenters. The summed E-state index contributed by atoms with van der Waals surface area (Å²) < 4.78 is 10.6. The monoisotopic (exact) mass is 307 g/mol. The van der Waals surface area contributed by atoms with E-state index in [1.807, 2.05) is 30.3 Å². The summed E-state index contributed by atoms with van der Waals surface area (Å²) in [5, 5.41) is 2.95. The molecule has 22 heavy (non-hydrogen) atoms. The molecule has 0 saturated carbocycles. The second-order valence-electron chi connectivity index (χ2n) is 5.92. The lowest BCUT2D eigenvalue weighted by Crippen LogP contribution is -2.43. The Morgan fingerprint density at radius 3 is 2.36 bits per heavy atom. The van der Waals surface area contributed by atoms with E-state index in [1.165, 1.54) is 0 Å². The third-order valence-electron chi connectivity index (χ3n) is 3.28. The topological polar surface area (TPSA) is 64.6 Å². The number of nitrogens with one attached hydrogen (secondary N) is 1. The van der Waals surface area contributed by atoms with Crippen LogP contribution in [0.15, 0.2) is 30.3 Å². The molecule has 5 nitrogen and oxygen atoms in total. The van der Waals surface area contributed by atoms with Gasteiger partial charge < -0.3 is 14.8 Å². The first kappa shape index (κ1) is 18.2. The van der Waals surface area contributed by atoms with E-state index in [1.54, 1.807) is 27.8 Å². The van der Waals surface area contributed by atoms with Crippen LogP contribution in [0.25, 0.3) is 0 Å². The van der Waals surface area contributed by atoms with Crippen molar-refractivity contribution in [2.45, 2.75) is 27.4 Å². The molecule has 0 spiro atoms. The fourth-order valence-corrected chi connectivity index (χ4v) is 1.87. The lowest BCUT2D eigenvalue weighted by atomic mass is 9.91. The number of hydrogen-bond acceptors (Lipinski definition) is 5. The van der Waals surface area contributed by atoms with Crippen molar-refractivity contribution in [2.75, 3.05) is 20.2 Å². The number of carbonyl (C=O) groups is 2. The molecule has 0 bridgehead atoms. The van der Waals surface area contributed by atoms with Crippen LogP contribution >= 0.6 is 0 Å². The summed E-state index contributed by atoms with van der Waals surface area (Å²) in [6, 6.07) is 9.46. The molecule has 1 aromatic carbocycles. The lowest BCUT2D eigenvalue weighted by Gasteiger charge is -2.27. The van der Waals surface area contributed by atoms with Gasteiger partial charge in [0.05, 0.1) is 5.92 Å². The summed E-state index contributed by atoms with van der Waals surface area (Å²) in [7, 11) is 1.74. The number of rotatable bonds is 8. The minimum absolute atomic E-state index is 0.00151. The van der Waals surface area contributed by atoms with E-state index < -0.39 is 5.41 Å². The average Bonchev–Trinajstić information content (AvgIpc) is 2.51. The van der Waals surface area contributed by atoms with Gasteiger partial charge in [-0.05, 0) is 19.5 Å². The van der Waals surface area contributed by atoms with Gasteiger partial charge in [0.25, 0.3) is 0 Å². The Labute approximate surface area is 132 Å². The Kier molecular flexibility index (Phi) is 7.05. The molecule has 1 rings (SSSR count). The first-order valence-corrected chi connectivity index (χ1v) is 7.41. The summed E-state index contributed by atoms with van der Waals surface area (Å²) in [5.41, 5.74) is 0.00971. The molecule has 122 valence electrons. The van der Waals surface area contributed by atoms with Crippen LogP contribution in [0.5, 0.6) is 0 Å². The van der Waals surface area contributed by atoms with E-state index >= 15 is 0 Å². The van der Waals surface area contributed by atoms with Gasteiger partial charge in [0.1, 0.15) is 18.6 Å². The Morgan fingerprint density at radius 1 is 1.18 bits per heavy atom. The molecule has 5 heteroatoms. The highest BCUT2D eigenvalue weighted by Gasteiger charge is 2.36. The standard InChI is InChI=1S/C17H25NO4/c1-13(2)15(19)22-12-17(3,11-18-4)16(20)21-10-14-8-6-5-7-9-14/h5-9,13,18H,10-12H2,1-4H3. The van der Waals surface area contributed by atoms with Gasteiger partial charge in [-0.25, -0.2) is 0 Å². The van der Waals surface area contributed by atoms with Crippen LogP contribution in [-0.2, 0) is 25.7 Å². The number of benzene rings is 1. The zero-order valence-electron chi connectivity index (χ0n) is 13.7. The van der Waals surface area contributed by atoms with Crippen LogP contribution in [0.4, 0.5) is 0 Å². The largest absolute Gasteiger partial charge is 0.464 e. The lowest BCUT2D eigenvalue weighted by molar-refractivity contribution is -0.164. The quantitative estimate of drug-likeness (QED) is 0.746. The van der Waals surface area contributed by atoms with Crippen LogP contribution in [0, 0.1) is 11.3 Å². The number of esters is 2. The molecule has 0 saturated heterocycles. The van der Waals surface area contributed by atoms with Gasteiger partial charge >= 0.3 is 11.9 Å². The van der Waals surface area contributed by atoms with E-state index in [2.05, 4.69) is 5.32 Å². The molecule has 0 aromatic heterocycles. The molecule has 0 heterocycles. The van der Waals surface area contributed by atoms with Gasteiger partial charge in [0.15, 0.2) is 0 Å². The zero-order valence-corrected chi connectivity index (χ0v) is 13.7. The maximum Gasteiger partial charge on any atom is 0.316 e. The van der Waals surface area contributed by atoms with Crippen molar-refractivity contribution in [3.8, 4) is 0 Å². The number of hydrogen-bond donors (Lipinski definition) is 1. The zero-order chi connectivity index (χ0) is 16.6. The van der Waals surface area contributed by atoms with Crippen LogP contribution < -0.4 is 5.32 Å². The van der Waals surface area contributed by atoms with Gasteiger partial charge in [0.2, 0.25) is 0 Å². The van der Waals surface area contributed by atoms with Crippen molar-refractivity contribution >= 4 is 11.9 Å². The van der Waals surface area contributed by atoms with E-state index in [9.17, 15) is 9.59 Å². The predicted molar refractivity (Wildman–Crippen MR) is 84.1 cm³/mol. The van der Waals surface area contributed by atoms with Crippen molar-refractivity contribution in [1.29, 1.82) is 0 Å². The smallest absolute Gasteiger partial charge is 0.316 e. The molecule has 0 radical (unpaired) electrons. The van der Waals surface area contributed by atoms with Crippen molar-refractivity contribution in [1.82, 2.24) is 5.32 Å². The Hall–Kier alpha value is -1.88. The Balaban J connectivity index is 2.63. The SMILES string of the molecule is CNCC(C)(COC(=O)C(C)C)C(=O)OCc1ccccc1. The van der Waals surface area contributed by atoms with Gasteiger partial charge in [-0.2, -0.15) is 0 Å². The average molecular weight is 307 g/mol. The van der Waals surface area contributed by atoms with E-state index in [4.69, 9.17) is 9.47 Å². The summed E-state index contributed by atoms with van der Waals surface area (Å²) in [4.78, 5) is 24.0. The molecule has 0 aliphatic rings. The van der Waals surface area contributed by atoms with Crippen LogP contribution in [0.1, 0.15) is 26.3 Å². The highest BCUT2D eigenvalue weighted by molar-refractivity contribution is 5.78. The molecule has 0 amide bonds. The van der Waals surface area contributed by atoms with Gasteiger partial charge in [-0.15, -0.1) is 0 Å². The summed E-state index contributed by atoms with van der Waals surface area (Å²) in [5.74, 6) is -0.931. The third kappa shape index (κ3) is 5.48. The summed E-state index contributed by atoms with van der Waals surface area (Å²) >= 11 is 0. The highest BCUT2D eigenvalue weighted by Crippen LogP contribution is 2.20. The molecule has 0 aliphatic carbocycles. The molecule has 1 unspecified atom stereocenters. The predicted octanol–water partition coefficient (Wildman–Crippen LogP) is 2.15. The number of ether oxygens (including phenoxy) is 2. The first-order chi connectivity index (χ1) is 10.4. The van der Waals surface area contributed by atoms with E-state index in [0.29, 0.717) is 6.54 Å². The molecule has 0 aliphatic heterocycles. The normalized spacial score (nSPS) is 13.5. The van der Waals surface area contributed by atoms with Gasteiger partial charge in [-0.3, -0.25) is 9.59 Å². The second-order valence-corrected chi connectivity index (χ2v) is 5.92. The van der Waals surface area contributed by atoms with Crippen molar-refractivity contribution in [2.24, 2.45) is 11.3 Å². The highest BCUT2D eigenvalue weighted by atomic mass is 16.6. The molecular formula is C17H25NO4. The molecule has 0 fully saturated rings. The summed E-state index contributed by atoms with van der Waals surface area (Å²) in [6.07, 6.45) is 0. The van der Waals surface area contributed by atoms with Crippen LogP contribution in [-0.4, -0.2) is 32.1 Å². The first-order valence-electron chi connectivity index (χ1n) is 7.41. The summed E-state index contributed by atoms with van der Waals surface area (Å²) in [6.45, 7) is 5.81. The molecule has 1 aromatic rings. The van der Waals surface area contributed by atoms with Crippen LogP contribution in [0.2, 0.25) is 0 Å². The van der Waals surface area contributed by atoms with Gasteiger partial charge in [0, 0.05) is 6.54 Å². The fourth-order valence-electron chi connectivity index (χ4n) is 1.87. The molecule has 1 N–H and O–H groups in total. The van der Waals surface area contributed by atoms with Crippen LogP contribution in [0.3, 0.4) is 0 Å². The number of carbonyl (C=O) groups excluding carboxylic acids is 2. The Bertz CT molecular complexity index is 487. The molecular weight excluding hydrogens is 282 g/mol. The third-order valence-corrected chi connectivity index (χ3v) is 3.28. The minimum Gasteiger partial charge on any atom is -0.464 e. The Morgan fingerprint density at radius 2 is 1.82 bits per heavy atom. The van der Waals surface area contributed by atoms with E-state index in [-0.39, 0.29) is 31.1 Å². The fraction of sp³-hybridized carbons (Fsp3) is 0.529. The van der Waals surface area contributed by atoms with Gasteiger partial charge in [-0.1, -0.05) is 44.2 Å². The minimum atomic E-state index is -0.909. The van der Waals surface area contributed by atoms with Crippen molar-refractivity contribution < 1.29 is 19.1 Å². The van der Waals surface area contributed by atoms with Crippen molar-refractivity contribution in [3.63, 3.8) is 0 Å². The van der Waals surface area contributed by atoms with Crippen molar-refractivity contribution in [3.05, 3.63) is 35.9 Å².